The van der Waals surface area contributed by atoms with Gasteiger partial charge in [0.2, 0.25) is 11.9 Å². The fraction of sp³-hybridized carbons (Fsp3) is 0.750. The Kier molecular flexibility index (Phi) is 7.50. The summed E-state index contributed by atoms with van der Waals surface area (Å²) in [5, 5.41) is 0.737. The molecule has 0 aliphatic carbocycles. The second-order valence-corrected chi connectivity index (χ2v) is 5.18. The van der Waals surface area contributed by atoms with Gasteiger partial charge in [0, 0.05) is 18.8 Å². The summed E-state index contributed by atoms with van der Waals surface area (Å²) in [7, 11) is 0. The molecule has 0 radical (unpaired) electrons. The molecule has 0 unspecified atom stereocenters. The molecule has 6 nitrogen and oxygen atoms in total. The van der Waals surface area contributed by atoms with Gasteiger partial charge in [-0.25, -0.2) is 5.84 Å². The van der Waals surface area contributed by atoms with E-state index in [0.29, 0.717) is 11.9 Å². The molecule has 0 aliphatic rings. The maximum absolute atomic E-state index is 5.42. The van der Waals surface area contributed by atoms with Crippen molar-refractivity contribution < 1.29 is 0 Å². The SMILES string of the molecule is CCCCCSc1nc(NN)nc(N(CC)CC)n1. The molecule has 1 heterocycles. The Morgan fingerprint density at radius 2 is 1.84 bits per heavy atom. The molecule has 0 saturated carbocycles. The highest BCUT2D eigenvalue weighted by molar-refractivity contribution is 7.99. The molecule has 1 aromatic rings. The van der Waals surface area contributed by atoms with Crippen molar-refractivity contribution in [2.75, 3.05) is 29.2 Å². The molecule has 0 aromatic carbocycles. The number of aromatic nitrogens is 3. The predicted molar refractivity (Wildman–Crippen MR) is 81.4 cm³/mol. The molecule has 1 rings (SSSR count). The Hall–Kier alpha value is -1.08. The van der Waals surface area contributed by atoms with Crippen LogP contribution in [0.4, 0.5) is 11.9 Å². The Bertz CT molecular complexity index is 369. The molecule has 0 saturated heterocycles. The smallest absolute Gasteiger partial charge is 0.242 e. The quantitative estimate of drug-likeness (QED) is 0.312. The van der Waals surface area contributed by atoms with Gasteiger partial charge < -0.3 is 4.90 Å². The first kappa shape index (κ1) is 16.0. The van der Waals surface area contributed by atoms with Crippen LogP contribution in [-0.4, -0.2) is 33.8 Å². The van der Waals surface area contributed by atoms with Crippen LogP contribution >= 0.6 is 11.8 Å². The van der Waals surface area contributed by atoms with Crippen molar-refractivity contribution in [1.29, 1.82) is 0 Å². The summed E-state index contributed by atoms with van der Waals surface area (Å²) in [4.78, 5) is 15.1. The molecule has 1 aromatic heterocycles. The summed E-state index contributed by atoms with van der Waals surface area (Å²) < 4.78 is 0. The van der Waals surface area contributed by atoms with E-state index in [9.17, 15) is 0 Å². The number of anilines is 2. The molecule has 3 N–H and O–H groups in total. The number of nitrogens with one attached hydrogen (secondary N) is 1. The first-order valence-electron chi connectivity index (χ1n) is 6.85. The largest absolute Gasteiger partial charge is 0.341 e. The molecule has 108 valence electrons. The lowest BCUT2D eigenvalue weighted by molar-refractivity contribution is 0.770. The van der Waals surface area contributed by atoms with E-state index in [4.69, 9.17) is 5.84 Å². The van der Waals surface area contributed by atoms with Crippen molar-refractivity contribution in [3.63, 3.8) is 0 Å². The predicted octanol–water partition coefficient (Wildman–Crippen LogP) is 2.29. The van der Waals surface area contributed by atoms with E-state index in [1.54, 1.807) is 11.8 Å². The van der Waals surface area contributed by atoms with Crippen molar-refractivity contribution in [1.82, 2.24) is 15.0 Å². The van der Waals surface area contributed by atoms with Crippen LogP contribution in [0.15, 0.2) is 5.16 Å². The van der Waals surface area contributed by atoms with Gasteiger partial charge in [-0.2, -0.15) is 15.0 Å². The third-order valence-electron chi connectivity index (χ3n) is 2.76. The first-order chi connectivity index (χ1) is 9.24. The van der Waals surface area contributed by atoms with Crippen molar-refractivity contribution in [2.45, 2.75) is 45.2 Å². The second-order valence-electron chi connectivity index (χ2n) is 4.11. The molecule has 19 heavy (non-hydrogen) atoms. The van der Waals surface area contributed by atoms with Gasteiger partial charge in [-0.1, -0.05) is 31.5 Å². The van der Waals surface area contributed by atoms with E-state index in [1.807, 2.05) is 0 Å². The highest BCUT2D eigenvalue weighted by Gasteiger charge is 2.10. The van der Waals surface area contributed by atoms with Crippen LogP contribution in [0.2, 0.25) is 0 Å². The van der Waals surface area contributed by atoms with Gasteiger partial charge in [-0.05, 0) is 20.3 Å². The highest BCUT2D eigenvalue weighted by Crippen LogP contribution is 2.19. The van der Waals surface area contributed by atoms with Crippen LogP contribution in [0.25, 0.3) is 0 Å². The average Bonchev–Trinajstić information content (AvgIpc) is 2.45. The van der Waals surface area contributed by atoms with Crippen molar-refractivity contribution in [2.24, 2.45) is 5.84 Å². The third kappa shape index (κ3) is 5.20. The maximum atomic E-state index is 5.42. The Balaban J connectivity index is 2.77. The zero-order chi connectivity index (χ0) is 14.1. The van der Waals surface area contributed by atoms with E-state index in [0.717, 1.165) is 24.0 Å². The van der Waals surface area contributed by atoms with E-state index in [1.165, 1.54) is 19.3 Å². The lowest BCUT2D eigenvalue weighted by Gasteiger charge is -2.19. The number of rotatable bonds is 9. The van der Waals surface area contributed by atoms with E-state index < -0.39 is 0 Å². The zero-order valence-electron chi connectivity index (χ0n) is 12.0. The zero-order valence-corrected chi connectivity index (χ0v) is 12.8. The number of nitrogens with two attached hydrogens (primary N) is 1. The summed E-state index contributed by atoms with van der Waals surface area (Å²) in [5.74, 6) is 7.56. The van der Waals surface area contributed by atoms with E-state index in [-0.39, 0.29) is 0 Å². The summed E-state index contributed by atoms with van der Waals surface area (Å²) in [6, 6.07) is 0. The summed E-state index contributed by atoms with van der Waals surface area (Å²) in [5.41, 5.74) is 2.51. The average molecular weight is 284 g/mol. The lowest BCUT2D eigenvalue weighted by Crippen LogP contribution is -2.25. The van der Waals surface area contributed by atoms with Gasteiger partial charge in [0.1, 0.15) is 0 Å². The van der Waals surface area contributed by atoms with Gasteiger partial charge >= 0.3 is 0 Å². The molecule has 0 bridgehead atoms. The van der Waals surface area contributed by atoms with Crippen LogP contribution in [0.3, 0.4) is 0 Å². The van der Waals surface area contributed by atoms with Crippen LogP contribution < -0.4 is 16.2 Å². The normalized spacial score (nSPS) is 10.5. The highest BCUT2D eigenvalue weighted by atomic mass is 32.2. The van der Waals surface area contributed by atoms with Crippen molar-refractivity contribution in [3.05, 3.63) is 0 Å². The standard InChI is InChI=1S/C12H24N6S/c1-4-7-8-9-19-12-15-10(17-13)14-11(16-12)18(5-2)6-3/h4-9,13H2,1-3H3,(H,14,15,16,17). The third-order valence-corrected chi connectivity index (χ3v) is 3.69. The molecule has 7 heteroatoms. The summed E-state index contributed by atoms with van der Waals surface area (Å²) >= 11 is 1.66. The number of thioether (sulfide) groups is 1. The van der Waals surface area contributed by atoms with Crippen LogP contribution in [0.5, 0.6) is 0 Å². The van der Waals surface area contributed by atoms with Gasteiger partial charge in [-0.3, -0.25) is 5.43 Å². The minimum atomic E-state index is 0.426. The van der Waals surface area contributed by atoms with Crippen LogP contribution in [-0.2, 0) is 0 Å². The Morgan fingerprint density at radius 1 is 1.11 bits per heavy atom. The van der Waals surface area contributed by atoms with Crippen LogP contribution in [0, 0.1) is 0 Å². The number of unbranched alkanes of at least 4 members (excludes halogenated alkanes) is 2. The summed E-state index contributed by atoms with van der Waals surface area (Å²) in [6.07, 6.45) is 3.64. The molecule has 0 atom stereocenters. The van der Waals surface area contributed by atoms with Crippen molar-refractivity contribution >= 4 is 23.7 Å². The molecule has 0 aliphatic heterocycles. The molecule has 0 amide bonds. The number of hydrazine groups is 1. The number of nitrogens with zero attached hydrogens (tertiary/aromatic N) is 4. The number of hydrogen-bond acceptors (Lipinski definition) is 7. The topological polar surface area (TPSA) is 80.0 Å². The van der Waals surface area contributed by atoms with Crippen molar-refractivity contribution in [3.8, 4) is 0 Å². The van der Waals surface area contributed by atoms with E-state index in [2.05, 4.69) is 46.0 Å². The Morgan fingerprint density at radius 3 is 2.42 bits per heavy atom. The van der Waals surface area contributed by atoms with Gasteiger partial charge in [-0.15, -0.1) is 0 Å². The number of nitrogen functional groups attached to an aromatic ring is 1. The first-order valence-corrected chi connectivity index (χ1v) is 7.84. The lowest BCUT2D eigenvalue weighted by atomic mass is 10.3. The minimum Gasteiger partial charge on any atom is -0.341 e. The van der Waals surface area contributed by atoms with Gasteiger partial charge in [0.15, 0.2) is 5.16 Å². The molecule has 0 fully saturated rings. The number of hydrogen-bond donors (Lipinski definition) is 2. The minimum absolute atomic E-state index is 0.426. The summed E-state index contributed by atoms with van der Waals surface area (Å²) in [6.45, 7) is 8.09. The fourth-order valence-electron chi connectivity index (χ4n) is 1.64. The van der Waals surface area contributed by atoms with Gasteiger partial charge in [0.25, 0.3) is 0 Å². The molecular weight excluding hydrogens is 260 g/mol. The maximum Gasteiger partial charge on any atom is 0.242 e. The molecule has 0 spiro atoms. The van der Waals surface area contributed by atoms with Crippen LogP contribution in [0.1, 0.15) is 40.0 Å². The van der Waals surface area contributed by atoms with E-state index >= 15 is 0 Å². The second kappa shape index (κ2) is 8.92. The molecular formula is C12H24N6S. The fourth-order valence-corrected chi connectivity index (χ4v) is 2.47. The van der Waals surface area contributed by atoms with Gasteiger partial charge in [0.05, 0.1) is 0 Å². The monoisotopic (exact) mass is 284 g/mol. The Labute approximate surface area is 119 Å².